The van der Waals surface area contributed by atoms with Crippen LogP contribution in [0.3, 0.4) is 0 Å². The Hall–Kier alpha value is -2.82. The van der Waals surface area contributed by atoms with Crippen LogP contribution >= 0.6 is 0 Å². The Kier molecular flexibility index (Phi) is 4.25. The zero-order valence-corrected chi connectivity index (χ0v) is 13.7. The second kappa shape index (κ2) is 6.24. The molecule has 130 valence electrons. The third-order valence-electron chi connectivity index (χ3n) is 4.13. The van der Waals surface area contributed by atoms with Gasteiger partial charge in [0, 0.05) is 31.4 Å². The van der Waals surface area contributed by atoms with Gasteiger partial charge in [0.15, 0.2) is 0 Å². The number of nitrogens with zero attached hydrogens (tertiary/aromatic N) is 4. The maximum absolute atomic E-state index is 12.9. The predicted octanol–water partition coefficient (Wildman–Crippen LogP) is 3.25. The van der Waals surface area contributed by atoms with Gasteiger partial charge in [-0.25, -0.2) is 0 Å². The van der Waals surface area contributed by atoms with Crippen LogP contribution in [0.5, 0.6) is 5.88 Å². The average molecular weight is 348 g/mol. The van der Waals surface area contributed by atoms with Crippen molar-refractivity contribution in [1.82, 2.24) is 9.97 Å². The van der Waals surface area contributed by atoms with Crippen molar-refractivity contribution in [1.29, 1.82) is 5.26 Å². The standard InChI is InChI=1S/C17H15F3N4O/c1-10-5-11(7-21)16(25-2)23-15(10)24-4-3-14-12(9-24)6-13(8-22-14)17(18,19)20/h5-6,8H,3-4,9H2,1-2H3. The number of hydrogen-bond acceptors (Lipinski definition) is 5. The summed E-state index contributed by atoms with van der Waals surface area (Å²) < 4.78 is 43.9. The molecule has 0 radical (unpaired) electrons. The molecule has 2 aromatic heterocycles. The zero-order chi connectivity index (χ0) is 18.2. The van der Waals surface area contributed by atoms with Crippen molar-refractivity contribution in [2.24, 2.45) is 0 Å². The number of halogens is 3. The van der Waals surface area contributed by atoms with E-state index in [1.165, 1.54) is 7.11 Å². The summed E-state index contributed by atoms with van der Waals surface area (Å²) in [6, 6.07) is 4.83. The number of pyridine rings is 2. The normalized spacial score (nSPS) is 14.0. The summed E-state index contributed by atoms with van der Waals surface area (Å²) in [5.41, 5.74) is 1.53. The third kappa shape index (κ3) is 3.22. The first-order valence-corrected chi connectivity index (χ1v) is 7.59. The number of nitriles is 1. The lowest BCUT2D eigenvalue weighted by Crippen LogP contribution is -2.32. The molecule has 0 amide bonds. The summed E-state index contributed by atoms with van der Waals surface area (Å²) in [4.78, 5) is 10.2. The third-order valence-corrected chi connectivity index (χ3v) is 4.13. The lowest BCUT2D eigenvalue weighted by Gasteiger charge is -2.31. The van der Waals surface area contributed by atoms with Crippen molar-refractivity contribution >= 4 is 5.82 Å². The SMILES string of the molecule is COc1nc(N2CCc3ncc(C(F)(F)F)cc3C2)c(C)cc1C#N. The van der Waals surface area contributed by atoms with Crippen molar-refractivity contribution in [3.8, 4) is 11.9 Å². The Bertz CT molecular complexity index is 858. The van der Waals surface area contributed by atoms with Crippen LogP contribution in [-0.4, -0.2) is 23.6 Å². The van der Waals surface area contributed by atoms with Crippen molar-refractivity contribution < 1.29 is 17.9 Å². The van der Waals surface area contributed by atoms with Gasteiger partial charge in [-0.2, -0.15) is 23.4 Å². The van der Waals surface area contributed by atoms with Crippen LogP contribution in [-0.2, 0) is 19.1 Å². The number of alkyl halides is 3. The highest BCUT2D eigenvalue weighted by molar-refractivity contribution is 5.55. The van der Waals surface area contributed by atoms with Crippen LogP contribution in [0, 0.1) is 18.3 Å². The highest BCUT2D eigenvalue weighted by Crippen LogP contribution is 2.33. The van der Waals surface area contributed by atoms with E-state index in [9.17, 15) is 13.2 Å². The van der Waals surface area contributed by atoms with Gasteiger partial charge in [-0.1, -0.05) is 0 Å². The molecule has 0 fully saturated rings. The van der Waals surface area contributed by atoms with Gasteiger partial charge in [0.05, 0.1) is 12.7 Å². The van der Waals surface area contributed by atoms with E-state index in [2.05, 4.69) is 9.97 Å². The number of rotatable bonds is 2. The molecule has 3 heterocycles. The molecule has 1 aliphatic rings. The van der Waals surface area contributed by atoms with E-state index in [1.54, 1.807) is 6.07 Å². The highest BCUT2D eigenvalue weighted by atomic mass is 19.4. The molecule has 0 aromatic carbocycles. The van der Waals surface area contributed by atoms with E-state index < -0.39 is 11.7 Å². The molecule has 0 saturated heterocycles. The molecule has 0 aliphatic carbocycles. The summed E-state index contributed by atoms with van der Waals surface area (Å²) in [6.07, 6.45) is -3.02. The van der Waals surface area contributed by atoms with Gasteiger partial charge in [0.1, 0.15) is 17.5 Å². The minimum atomic E-state index is -4.42. The van der Waals surface area contributed by atoms with Crippen molar-refractivity contribution in [3.05, 3.63) is 46.3 Å². The molecule has 1 aliphatic heterocycles. The van der Waals surface area contributed by atoms with E-state index in [0.717, 1.165) is 17.8 Å². The van der Waals surface area contributed by atoms with Crippen LogP contribution in [0.1, 0.15) is 27.9 Å². The second-order valence-electron chi connectivity index (χ2n) is 5.80. The quantitative estimate of drug-likeness (QED) is 0.834. The van der Waals surface area contributed by atoms with Crippen LogP contribution in [0.15, 0.2) is 18.3 Å². The maximum atomic E-state index is 12.9. The first kappa shape index (κ1) is 17.0. The largest absolute Gasteiger partial charge is 0.480 e. The lowest BCUT2D eigenvalue weighted by atomic mass is 10.0. The van der Waals surface area contributed by atoms with Crippen molar-refractivity contribution in [2.45, 2.75) is 26.1 Å². The fourth-order valence-electron chi connectivity index (χ4n) is 2.91. The fourth-order valence-corrected chi connectivity index (χ4v) is 2.91. The van der Waals surface area contributed by atoms with Crippen LogP contribution in [0.4, 0.5) is 19.0 Å². The number of fused-ring (bicyclic) bond motifs is 1. The number of hydrogen-bond donors (Lipinski definition) is 0. The average Bonchev–Trinajstić information content (AvgIpc) is 2.59. The van der Waals surface area contributed by atoms with E-state index >= 15 is 0 Å². The maximum Gasteiger partial charge on any atom is 0.417 e. The number of aryl methyl sites for hydroxylation is 1. The van der Waals surface area contributed by atoms with Crippen LogP contribution in [0.2, 0.25) is 0 Å². The first-order valence-electron chi connectivity index (χ1n) is 7.59. The smallest absolute Gasteiger partial charge is 0.417 e. The number of anilines is 1. The summed E-state index contributed by atoms with van der Waals surface area (Å²) >= 11 is 0. The summed E-state index contributed by atoms with van der Waals surface area (Å²) in [5, 5.41) is 9.11. The second-order valence-corrected chi connectivity index (χ2v) is 5.80. The Balaban J connectivity index is 1.96. The summed E-state index contributed by atoms with van der Waals surface area (Å²) in [6.45, 7) is 2.66. The molecule has 8 heteroatoms. The molecule has 0 atom stereocenters. The van der Waals surface area contributed by atoms with E-state index in [1.807, 2.05) is 17.9 Å². The van der Waals surface area contributed by atoms with E-state index in [4.69, 9.17) is 10.00 Å². The molecule has 0 unspecified atom stereocenters. The molecular weight excluding hydrogens is 333 g/mol. The van der Waals surface area contributed by atoms with Gasteiger partial charge < -0.3 is 9.64 Å². The summed E-state index contributed by atoms with van der Waals surface area (Å²) in [7, 11) is 1.42. The Morgan fingerprint density at radius 1 is 1.32 bits per heavy atom. The fraction of sp³-hybridized carbons (Fsp3) is 0.353. The monoisotopic (exact) mass is 348 g/mol. The van der Waals surface area contributed by atoms with Gasteiger partial charge >= 0.3 is 6.18 Å². The van der Waals surface area contributed by atoms with Crippen LogP contribution in [0.25, 0.3) is 0 Å². The van der Waals surface area contributed by atoms with Gasteiger partial charge in [0.25, 0.3) is 0 Å². The Morgan fingerprint density at radius 2 is 2.08 bits per heavy atom. The topological polar surface area (TPSA) is 62.0 Å². The molecule has 0 N–H and O–H groups in total. The molecule has 0 spiro atoms. The Morgan fingerprint density at radius 3 is 2.72 bits per heavy atom. The molecular formula is C17H15F3N4O. The number of aromatic nitrogens is 2. The highest BCUT2D eigenvalue weighted by Gasteiger charge is 2.32. The van der Waals surface area contributed by atoms with Gasteiger partial charge in [-0.3, -0.25) is 4.98 Å². The minimum absolute atomic E-state index is 0.205. The van der Waals surface area contributed by atoms with Gasteiger partial charge in [-0.15, -0.1) is 0 Å². The lowest BCUT2D eigenvalue weighted by molar-refractivity contribution is -0.137. The minimum Gasteiger partial charge on any atom is -0.480 e. The number of methoxy groups -OCH3 is 1. The zero-order valence-electron chi connectivity index (χ0n) is 13.7. The van der Waals surface area contributed by atoms with Gasteiger partial charge in [0.2, 0.25) is 5.88 Å². The van der Waals surface area contributed by atoms with E-state index in [-0.39, 0.29) is 12.4 Å². The molecule has 25 heavy (non-hydrogen) atoms. The molecule has 0 bridgehead atoms. The molecule has 0 saturated carbocycles. The molecule has 3 rings (SSSR count). The van der Waals surface area contributed by atoms with Crippen molar-refractivity contribution in [2.75, 3.05) is 18.6 Å². The Labute approximate surface area is 142 Å². The summed E-state index contributed by atoms with van der Waals surface area (Å²) in [5.74, 6) is 0.801. The molecule has 5 nitrogen and oxygen atoms in total. The molecule has 2 aromatic rings. The van der Waals surface area contributed by atoms with Gasteiger partial charge in [-0.05, 0) is 30.2 Å². The van der Waals surface area contributed by atoms with Crippen LogP contribution < -0.4 is 9.64 Å². The number of ether oxygens (including phenoxy) is 1. The van der Waals surface area contributed by atoms with Crippen molar-refractivity contribution in [3.63, 3.8) is 0 Å². The van der Waals surface area contributed by atoms with E-state index in [0.29, 0.717) is 35.6 Å². The predicted molar refractivity (Wildman–Crippen MR) is 84.2 cm³/mol. The first-order chi connectivity index (χ1) is 11.8.